The van der Waals surface area contributed by atoms with E-state index in [9.17, 15) is 9.90 Å². The summed E-state index contributed by atoms with van der Waals surface area (Å²) in [5.74, 6) is 0.266. The number of aliphatic hydroxyl groups is 1. The molecule has 2 aliphatic carbocycles. The van der Waals surface area contributed by atoms with Gasteiger partial charge in [0.25, 0.3) is 0 Å². The number of hydrogen-bond acceptors (Lipinski definition) is 3. The van der Waals surface area contributed by atoms with Gasteiger partial charge in [0.05, 0.1) is 6.10 Å². The highest BCUT2D eigenvalue weighted by molar-refractivity contribution is 6.16. The predicted molar refractivity (Wildman–Crippen MR) is 109 cm³/mol. The summed E-state index contributed by atoms with van der Waals surface area (Å²) in [6.07, 6.45) is 2.80. The molecule has 0 saturated carbocycles. The van der Waals surface area contributed by atoms with Crippen LogP contribution in [-0.4, -0.2) is 28.0 Å². The summed E-state index contributed by atoms with van der Waals surface area (Å²) in [4.78, 5) is 12.3. The Morgan fingerprint density at radius 2 is 1.81 bits per heavy atom. The number of ketones is 1. The number of aryl methyl sites for hydroxylation is 2. The van der Waals surface area contributed by atoms with Crippen LogP contribution in [0.3, 0.4) is 0 Å². The van der Waals surface area contributed by atoms with Crippen molar-refractivity contribution in [2.75, 3.05) is 6.54 Å². The fourth-order valence-corrected chi connectivity index (χ4v) is 5.04. The molecule has 27 heavy (non-hydrogen) atoms. The second-order valence-corrected chi connectivity index (χ2v) is 8.25. The third kappa shape index (κ3) is 2.47. The van der Waals surface area contributed by atoms with Crippen molar-refractivity contribution in [3.05, 3.63) is 46.5 Å². The van der Waals surface area contributed by atoms with Crippen molar-refractivity contribution in [1.82, 2.24) is 9.88 Å². The van der Waals surface area contributed by atoms with Crippen molar-refractivity contribution >= 4 is 27.6 Å². The molecule has 1 heterocycles. The maximum atomic E-state index is 12.3. The molecule has 0 aliphatic heterocycles. The number of benzene rings is 2. The molecular weight excluding hydrogens is 336 g/mol. The molecule has 2 aliphatic rings. The first-order valence-electron chi connectivity index (χ1n) is 10.1. The third-order valence-corrected chi connectivity index (χ3v) is 6.27. The van der Waals surface area contributed by atoms with Crippen LogP contribution >= 0.6 is 0 Å². The van der Waals surface area contributed by atoms with E-state index >= 15 is 0 Å². The Hall–Kier alpha value is -2.17. The van der Waals surface area contributed by atoms with E-state index in [2.05, 4.69) is 41.9 Å². The molecule has 0 spiro atoms. The summed E-state index contributed by atoms with van der Waals surface area (Å²) in [5, 5.41) is 16.4. The Morgan fingerprint density at radius 1 is 1.07 bits per heavy atom. The van der Waals surface area contributed by atoms with Crippen molar-refractivity contribution in [2.24, 2.45) is 0 Å². The zero-order valence-electron chi connectivity index (χ0n) is 16.0. The number of rotatable bonds is 4. The summed E-state index contributed by atoms with van der Waals surface area (Å²) in [7, 11) is 0. The van der Waals surface area contributed by atoms with Crippen LogP contribution in [0.4, 0.5) is 0 Å². The van der Waals surface area contributed by atoms with Gasteiger partial charge in [-0.2, -0.15) is 0 Å². The van der Waals surface area contributed by atoms with Gasteiger partial charge in [-0.15, -0.1) is 0 Å². The lowest BCUT2D eigenvalue weighted by molar-refractivity contribution is 0.0994. The van der Waals surface area contributed by atoms with E-state index in [1.165, 1.54) is 32.9 Å². The summed E-state index contributed by atoms with van der Waals surface area (Å²) in [5.41, 5.74) is 6.93. The minimum absolute atomic E-state index is 0.266. The maximum Gasteiger partial charge on any atom is 0.163 e. The van der Waals surface area contributed by atoms with Crippen LogP contribution in [0.25, 0.3) is 21.8 Å². The molecule has 0 fully saturated rings. The van der Waals surface area contributed by atoms with Crippen molar-refractivity contribution in [3.63, 3.8) is 0 Å². The summed E-state index contributed by atoms with van der Waals surface area (Å²) >= 11 is 0. The van der Waals surface area contributed by atoms with Crippen LogP contribution in [0.15, 0.2) is 24.3 Å². The molecule has 0 radical (unpaired) electrons. The Labute approximate surface area is 159 Å². The monoisotopic (exact) mass is 362 g/mol. The van der Waals surface area contributed by atoms with E-state index in [1.807, 2.05) is 6.07 Å². The van der Waals surface area contributed by atoms with Gasteiger partial charge in [-0.05, 0) is 54.2 Å². The number of aromatic nitrogens is 1. The minimum Gasteiger partial charge on any atom is -0.388 e. The zero-order chi connectivity index (χ0) is 18.7. The van der Waals surface area contributed by atoms with Crippen molar-refractivity contribution in [2.45, 2.75) is 58.2 Å². The molecule has 0 amide bonds. The smallest absolute Gasteiger partial charge is 0.163 e. The molecule has 1 aromatic heterocycles. The van der Waals surface area contributed by atoms with Crippen molar-refractivity contribution in [1.29, 1.82) is 0 Å². The van der Waals surface area contributed by atoms with Crippen molar-refractivity contribution < 1.29 is 9.90 Å². The molecule has 1 atom stereocenters. The van der Waals surface area contributed by atoms with Gasteiger partial charge in [-0.25, -0.2) is 0 Å². The van der Waals surface area contributed by atoms with Gasteiger partial charge in [-0.3, -0.25) is 4.79 Å². The number of hydrogen-bond donors (Lipinski definition) is 2. The van der Waals surface area contributed by atoms with Crippen LogP contribution in [0.1, 0.15) is 59.8 Å². The number of carbonyl (C=O) groups excluding carboxylic acids is 1. The molecule has 3 aromatic rings. The van der Waals surface area contributed by atoms with Gasteiger partial charge in [0.1, 0.15) is 0 Å². The third-order valence-electron chi connectivity index (χ3n) is 6.27. The number of nitrogens with zero attached hydrogens (tertiary/aromatic N) is 1. The topological polar surface area (TPSA) is 54.3 Å². The first-order chi connectivity index (χ1) is 13.1. The quantitative estimate of drug-likeness (QED) is 0.740. The number of carbonyl (C=O) groups is 1. The normalized spacial score (nSPS) is 18.8. The standard InChI is InChI=1S/C23H26N2O2/c1-13(2)24-11-12-25-18-7-3-14-16(5-9-20(14)26)22(18)23-17-6-10-21(27)15(17)4-8-19(23)25/h3-4,7-8,13,20,24,26H,5-6,9-12H2,1-2H3. The van der Waals surface area contributed by atoms with Gasteiger partial charge in [-0.1, -0.05) is 19.9 Å². The van der Waals surface area contributed by atoms with Gasteiger partial charge >= 0.3 is 0 Å². The summed E-state index contributed by atoms with van der Waals surface area (Å²) in [6, 6.07) is 8.88. The van der Waals surface area contributed by atoms with Gasteiger partial charge in [0, 0.05) is 52.9 Å². The molecule has 0 saturated heterocycles. The van der Waals surface area contributed by atoms with E-state index in [-0.39, 0.29) is 11.9 Å². The first-order valence-corrected chi connectivity index (χ1v) is 10.1. The molecule has 2 N–H and O–H groups in total. The fraction of sp³-hybridized carbons (Fsp3) is 0.435. The second kappa shape index (κ2) is 6.18. The SMILES string of the molecule is CC(C)NCCn1c2ccc3c(c2c2c4c(ccc21)C(O)CC4)CCC3=O. The van der Waals surface area contributed by atoms with Crippen LogP contribution in [0.5, 0.6) is 0 Å². The van der Waals surface area contributed by atoms with E-state index in [0.717, 1.165) is 43.5 Å². The highest BCUT2D eigenvalue weighted by atomic mass is 16.3. The first kappa shape index (κ1) is 17.0. The predicted octanol–water partition coefficient (Wildman–Crippen LogP) is 3.90. The lowest BCUT2D eigenvalue weighted by Crippen LogP contribution is -2.26. The lowest BCUT2D eigenvalue weighted by Gasteiger charge is -2.12. The molecule has 140 valence electrons. The van der Waals surface area contributed by atoms with Crippen LogP contribution in [0.2, 0.25) is 0 Å². The highest BCUT2D eigenvalue weighted by Gasteiger charge is 2.29. The Balaban J connectivity index is 1.80. The van der Waals surface area contributed by atoms with Gasteiger partial charge in [0.15, 0.2) is 5.78 Å². The largest absolute Gasteiger partial charge is 0.388 e. The van der Waals surface area contributed by atoms with E-state index < -0.39 is 0 Å². The summed E-state index contributed by atoms with van der Waals surface area (Å²) < 4.78 is 2.40. The number of fused-ring (bicyclic) bond motifs is 7. The number of aliphatic hydroxyl groups excluding tert-OH is 1. The van der Waals surface area contributed by atoms with Crippen LogP contribution in [0, 0.1) is 0 Å². The molecule has 4 heteroatoms. The maximum absolute atomic E-state index is 12.3. The molecule has 4 nitrogen and oxygen atoms in total. The molecule has 5 rings (SSSR count). The number of Topliss-reactive ketones (excluding diaryl/α,β-unsaturated/α-hetero) is 1. The minimum atomic E-state index is -0.358. The Morgan fingerprint density at radius 3 is 2.59 bits per heavy atom. The molecule has 1 unspecified atom stereocenters. The van der Waals surface area contributed by atoms with Crippen molar-refractivity contribution in [3.8, 4) is 0 Å². The van der Waals surface area contributed by atoms with E-state index in [4.69, 9.17) is 0 Å². The number of nitrogens with one attached hydrogen (secondary N) is 1. The highest BCUT2D eigenvalue weighted by Crippen LogP contribution is 2.43. The fourth-order valence-electron chi connectivity index (χ4n) is 5.04. The Kier molecular flexibility index (Phi) is 3.88. The second-order valence-electron chi connectivity index (χ2n) is 8.25. The zero-order valence-corrected chi connectivity index (χ0v) is 16.0. The molecule has 2 aromatic carbocycles. The van der Waals surface area contributed by atoms with Crippen LogP contribution in [-0.2, 0) is 19.4 Å². The van der Waals surface area contributed by atoms with Gasteiger partial charge in [0.2, 0.25) is 0 Å². The van der Waals surface area contributed by atoms with Gasteiger partial charge < -0.3 is 15.0 Å². The van der Waals surface area contributed by atoms with E-state index in [1.54, 1.807) is 0 Å². The average Bonchev–Trinajstić information content (AvgIpc) is 3.30. The molecule has 0 bridgehead atoms. The Bertz CT molecular complexity index is 1080. The molecular formula is C23H26N2O2. The average molecular weight is 362 g/mol. The van der Waals surface area contributed by atoms with E-state index in [0.29, 0.717) is 12.5 Å². The van der Waals surface area contributed by atoms with Crippen LogP contribution < -0.4 is 5.32 Å². The lowest BCUT2D eigenvalue weighted by atomic mass is 9.97. The summed E-state index contributed by atoms with van der Waals surface area (Å²) in [6.45, 7) is 6.13.